The summed E-state index contributed by atoms with van der Waals surface area (Å²) in [6, 6.07) is 13.4. The molecule has 1 heterocycles. The number of ether oxygens (including phenoxy) is 2. The Bertz CT molecular complexity index is 1010. The standard InChI is InChI=1S/C23H27N3O4/c1-15(2)19-10-9-16(3)11-20(19)29-14-22(27)26(4)13-21-24-23(25-30-21)17-7-6-8-18(12-17)28-5/h6-12,15H,13-14H2,1-5H3. The maximum Gasteiger partial charge on any atom is 0.260 e. The molecule has 0 aliphatic heterocycles. The lowest BCUT2D eigenvalue weighted by Gasteiger charge is -2.18. The van der Waals surface area contributed by atoms with E-state index in [0.717, 1.165) is 22.4 Å². The second kappa shape index (κ2) is 9.43. The van der Waals surface area contributed by atoms with Gasteiger partial charge in [-0.25, -0.2) is 0 Å². The number of hydrogen-bond donors (Lipinski definition) is 0. The van der Waals surface area contributed by atoms with Crippen molar-refractivity contribution in [3.8, 4) is 22.9 Å². The Labute approximate surface area is 176 Å². The Morgan fingerprint density at radius 2 is 2.00 bits per heavy atom. The summed E-state index contributed by atoms with van der Waals surface area (Å²) < 4.78 is 16.4. The molecule has 0 spiro atoms. The quantitative estimate of drug-likeness (QED) is 0.554. The van der Waals surface area contributed by atoms with Crippen LogP contribution < -0.4 is 9.47 Å². The zero-order valence-electron chi connectivity index (χ0n) is 18.0. The smallest absolute Gasteiger partial charge is 0.260 e. The van der Waals surface area contributed by atoms with Gasteiger partial charge in [0.15, 0.2) is 6.61 Å². The number of carbonyl (C=O) groups excluding carboxylic acids is 1. The first-order valence-corrected chi connectivity index (χ1v) is 9.81. The SMILES string of the molecule is COc1cccc(-c2noc(CN(C)C(=O)COc3cc(C)ccc3C(C)C)n2)c1. The first kappa shape index (κ1) is 21.4. The molecule has 7 nitrogen and oxygen atoms in total. The lowest BCUT2D eigenvalue weighted by molar-refractivity contribution is -0.132. The highest BCUT2D eigenvalue weighted by atomic mass is 16.5. The van der Waals surface area contributed by atoms with Crippen molar-refractivity contribution in [2.75, 3.05) is 20.8 Å². The van der Waals surface area contributed by atoms with Crippen LogP contribution in [0.2, 0.25) is 0 Å². The molecule has 0 unspecified atom stereocenters. The van der Waals surface area contributed by atoms with Gasteiger partial charge < -0.3 is 18.9 Å². The van der Waals surface area contributed by atoms with Gasteiger partial charge in [-0.2, -0.15) is 4.98 Å². The Kier molecular flexibility index (Phi) is 6.72. The molecule has 0 fully saturated rings. The number of nitrogens with zero attached hydrogens (tertiary/aromatic N) is 3. The van der Waals surface area contributed by atoms with Crippen LogP contribution in [0.3, 0.4) is 0 Å². The molecule has 1 aromatic heterocycles. The van der Waals surface area contributed by atoms with Crippen molar-refractivity contribution in [2.24, 2.45) is 0 Å². The van der Waals surface area contributed by atoms with Crippen LogP contribution in [0.4, 0.5) is 0 Å². The summed E-state index contributed by atoms with van der Waals surface area (Å²) in [6.07, 6.45) is 0. The van der Waals surface area contributed by atoms with Gasteiger partial charge in [0.05, 0.1) is 13.7 Å². The van der Waals surface area contributed by atoms with Gasteiger partial charge in [0, 0.05) is 12.6 Å². The van der Waals surface area contributed by atoms with Crippen molar-refractivity contribution in [3.05, 3.63) is 59.5 Å². The Balaban J connectivity index is 1.61. The van der Waals surface area contributed by atoms with Crippen LogP contribution in [0, 0.1) is 6.92 Å². The normalized spacial score (nSPS) is 10.9. The number of likely N-dealkylation sites (N-methyl/N-ethyl adjacent to an activating group) is 1. The number of carbonyl (C=O) groups is 1. The average molecular weight is 409 g/mol. The minimum Gasteiger partial charge on any atom is -0.497 e. The maximum atomic E-state index is 12.5. The summed E-state index contributed by atoms with van der Waals surface area (Å²) in [5, 5.41) is 4.00. The predicted molar refractivity (Wildman–Crippen MR) is 114 cm³/mol. The predicted octanol–water partition coefficient (Wildman–Crippen LogP) is 4.21. The van der Waals surface area contributed by atoms with Crippen LogP contribution in [-0.4, -0.2) is 41.7 Å². The first-order valence-electron chi connectivity index (χ1n) is 9.81. The third kappa shape index (κ3) is 5.17. The Morgan fingerprint density at radius 3 is 2.73 bits per heavy atom. The lowest BCUT2D eigenvalue weighted by atomic mass is 10.0. The number of benzene rings is 2. The van der Waals surface area contributed by atoms with E-state index in [-0.39, 0.29) is 19.1 Å². The van der Waals surface area contributed by atoms with Gasteiger partial charge in [-0.1, -0.05) is 43.3 Å². The fraction of sp³-hybridized carbons (Fsp3) is 0.348. The van der Waals surface area contributed by atoms with Crippen molar-refractivity contribution < 1.29 is 18.8 Å². The van der Waals surface area contributed by atoms with E-state index in [4.69, 9.17) is 14.0 Å². The van der Waals surface area contributed by atoms with Crippen LogP contribution >= 0.6 is 0 Å². The monoisotopic (exact) mass is 409 g/mol. The maximum absolute atomic E-state index is 12.5. The highest BCUT2D eigenvalue weighted by molar-refractivity contribution is 5.77. The van der Waals surface area contributed by atoms with E-state index in [9.17, 15) is 4.79 Å². The molecule has 0 N–H and O–H groups in total. The minimum absolute atomic E-state index is 0.0590. The summed E-state index contributed by atoms with van der Waals surface area (Å²) >= 11 is 0. The summed E-state index contributed by atoms with van der Waals surface area (Å²) in [6.45, 7) is 6.34. The number of hydrogen-bond acceptors (Lipinski definition) is 6. The van der Waals surface area contributed by atoms with Crippen LogP contribution in [0.5, 0.6) is 11.5 Å². The van der Waals surface area contributed by atoms with Crippen molar-refractivity contribution in [3.63, 3.8) is 0 Å². The zero-order valence-corrected chi connectivity index (χ0v) is 18.0. The van der Waals surface area contributed by atoms with E-state index in [1.54, 1.807) is 14.2 Å². The summed E-state index contributed by atoms with van der Waals surface area (Å²) in [4.78, 5) is 18.4. The van der Waals surface area contributed by atoms with E-state index in [0.29, 0.717) is 23.4 Å². The molecular formula is C23H27N3O4. The van der Waals surface area contributed by atoms with E-state index in [1.165, 1.54) is 4.90 Å². The van der Waals surface area contributed by atoms with Crippen molar-refractivity contribution in [1.82, 2.24) is 15.0 Å². The van der Waals surface area contributed by atoms with E-state index in [2.05, 4.69) is 24.0 Å². The number of amides is 1. The highest BCUT2D eigenvalue weighted by Gasteiger charge is 2.17. The molecule has 7 heteroatoms. The second-order valence-electron chi connectivity index (χ2n) is 7.48. The Morgan fingerprint density at radius 1 is 1.20 bits per heavy atom. The van der Waals surface area contributed by atoms with E-state index >= 15 is 0 Å². The van der Waals surface area contributed by atoms with Crippen molar-refractivity contribution in [2.45, 2.75) is 33.2 Å². The molecule has 0 bridgehead atoms. The van der Waals surface area contributed by atoms with Gasteiger partial charge in [0.2, 0.25) is 11.7 Å². The summed E-state index contributed by atoms with van der Waals surface area (Å²) in [5.74, 6) is 2.38. The van der Waals surface area contributed by atoms with Crippen LogP contribution in [0.1, 0.15) is 36.8 Å². The third-order valence-electron chi connectivity index (χ3n) is 4.74. The average Bonchev–Trinajstić information content (AvgIpc) is 3.20. The molecule has 0 atom stereocenters. The third-order valence-corrected chi connectivity index (χ3v) is 4.74. The molecule has 0 saturated heterocycles. The van der Waals surface area contributed by atoms with Gasteiger partial charge in [0.25, 0.3) is 5.91 Å². The Hall–Kier alpha value is -3.35. The minimum atomic E-state index is -0.174. The van der Waals surface area contributed by atoms with Gasteiger partial charge in [0.1, 0.15) is 11.5 Å². The van der Waals surface area contributed by atoms with Gasteiger partial charge >= 0.3 is 0 Å². The summed E-state index contributed by atoms with van der Waals surface area (Å²) in [7, 11) is 3.28. The van der Waals surface area contributed by atoms with Crippen LogP contribution in [0.15, 0.2) is 47.0 Å². The molecule has 1 amide bonds. The fourth-order valence-corrected chi connectivity index (χ4v) is 2.98. The van der Waals surface area contributed by atoms with Gasteiger partial charge in [-0.15, -0.1) is 0 Å². The number of aryl methyl sites for hydroxylation is 1. The van der Waals surface area contributed by atoms with E-state index in [1.807, 2.05) is 49.4 Å². The molecule has 30 heavy (non-hydrogen) atoms. The van der Waals surface area contributed by atoms with E-state index < -0.39 is 0 Å². The van der Waals surface area contributed by atoms with Gasteiger partial charge in [-0.05, 0) is 42.2 Å². The first-order chi connectivity index (χ1) is 14.4. The number of rotatable bonds is 8. The molecule has 158 valence electrons. The van der Waals surface area contributed by atoms with Crippen molar-refractivity contribution >= 4 is 5.91 Å². The topological polar surface area (TPSA) is 77.7 Å². The zero-order chi connectivity index (χ0) is 21.7. The molecular weight excluding hydrogens is 382 g/mol. The van der Waals surface area contributed by atoms with Crippen LogP contribution in [0.25, 0.3) is 11.4 Å². The van der Waals surface area contributed by atoms with Crippen LogP contribution in [-0.2, 0) is 11.3 Å². The molecule has 3 rings (SSSR count). The lowest BCUT2D eigenvalue weighted by Crippen LogP contribution is -2.31. The number of methoxy groups -OCH3 is 1. The summed E-state index contributed by atoms with van der Waals surface area (Å²) in [5.41, 5.74) is 2.95. The van der Waals surface area contributed by atoms with Crippen molar-refractivity contribution in [1.29, 1.82) is 0 Å². The fourth-order valence-electron chi connectivity index (χ4n) is 2.98. The number of aromatic nitrogens is 2. The molecule has 0 aliphatic rings. The second-order valence-corrected chi connectivity index (χ2v) is 7.48. The molecule has 3 aromatic rings. The van der Waals surface area contributed by atoms with Gasteiger partial charge in [-0.3, -0.25) is 4.79 Å². The largest absolute Gasteiger partial charge is 0.497 e. The molecule has 0 saturated carbocycles. The molecule has 0 aliphatic carbocycles. The molecule has 0 radical (unpaired) electrons. The highest BCUT2D eigenvalue weighted by Crippen LogP contribution is 2.27. The molecule has 2 aromatic carbocycles.